The highest BCUT2D eigenvalue weighted by molar-refractivity contribution is 5.97. The van der Waals surface area contributed by atoms with Crippen LogP contribution in [0.2, 0.25) is 0 Å². The molecule has 144 valence electrons. The molecule has 0 aliphatic heterocycles. The summed E-state index contributed by atoms with van der Waals surface area (Å²) >= 11 is 0. The third kappa shape index (κ3) is 5.73. The van der Waals surface area contributed by atoms with Gasteiger partial charge in [0.05, 0.1) is 6.10 Å². The lowest BCUT2D eigenvalue weighted by molar-refractivity contribution is -0.133. The van der Waals surface area contributed by atoms with E-state index in [-0.39, 0.29) is 12.2 Å². The largest absolute Gasteiger partial charge is 0.450 e. The van der Waals surface area contributed by atoms with E-state index in [4.69, 9.17) is 14.7 Å². The molecule has 0 aliphatic carbocycles. The summed E-state index contributed by atoms with van der Waals surface area (Å²) < 4.78 is 5.20. The highest BCUT2D eigenvalue weighted by Gasteiger charge is 2.25. The lowest BCUT2D eigenvalue weighted by Gasteiger charge is -2.19. The lowest BCUT2D eigenvalue weighted by Crippen LogP contribution is -2.51. The van der Waals surface area contributed by atoms with Gasteiger partial charge in [0.25, 0.3) is 11.8 Å². The summed E-state index contributed by atoms with van der Waals surface area (Å²) in [5.74, 6) is 10.1. The van der Waals surface area contributed by atoms with Crippen molar-refractivity contribution >= 4 is 11.8 Å². The Morgan fingerprint density at radius 2 is 1.79 bits per heavy atom. The first kappa shape index (κ1) is 20.7. The Morgan fingerprint density at radius 1 is 1.11 bits per heavy atom. The van der Waals surface area contributed by atoms with E-state index in [9.17, 15) is 14.7 Å². The predicted molar refractivity (Wildman–Crippen MR) is 97.7 cm³/mol. The summed E-state index contributed by atoms with van der Waals surface area (Å²) in [4.78, 5) is 23.6. The number of aliphatic hydroxyl groups excluding tert-OH is 2. The highest BCUT2D eigenvalue weighted by atomic mass is 16.5. The standard InChI is InChI=1S/C20H18N2O6/c1-13(24)18(20(26)22-27)21-19(25)15-8-6-14(7-9-15)4-2-3-5-16-10-11-17(12-23)28-16/h6-11,13,18,23-24,27H,12H2,1H3,(H,21,25)(H,22,26)/t13-,18-/m0/s1. The molecule has 0 radical (unpaired) electrons. The van der Waals surface area contributed by atoms with E-state index in [1.807, 2.05) is 0 Å². The monoisotopic (exact) mass is 382 g/mol. The second kappa shape index (κ2) is 9.95. The SMILES string of the molecule is C[C@H](O)[C@H](NC(=O)c1ccc(C#CC#Cc2ccc(CO)o2)cc1)C(=O)NO. The molecule has 1 aromatic heterocycles. The van der Waals surface area contributed by atoms with Crippen molar-refractivity contribution in [3.05, 3.63) is 59.0 Å². The Labute approximate surface area is 161 Å². The topological polar surface area (TPSA) is 132 Å². The maximum Gasteiger partial charge on any atom is 0.268 e. The van der Waals surface area contributed by atoms with Gasteiger partial charge in [-0.2, -0.15) is 0 Å². The predicted octanol–water partition coefficient (Wildman–Crippen LogP) is 0.160. The number of nitrogens with one attached hydrogen (secondary N) is 2. The van der Waals surface area contributed by atoms with Gasteiger partial charge in [0.2, 0.25) is 0 Å². The average Bonchev–Trinajstić information content (AvgIpc) is 3.17. The van der Waals surface area contributed by atoms with E-state index in [0.717, 1.165) is 0 Å². The van der Waals surface area contributed by atoms with Crippen LogP contribution >= 0.6 is 0 Å². The molecule has 0 spiro atoms. The molecule has 5 N–H and O–H groups in total. The number of hydrogen-bond donors (Lipinski definition) is 5. The van der Waals surface area contributed by atoms with Crippen LogP contribution in [-0.4, -0.2) is 39.4 Å². The van der Waals surface area contributed by atoms with E-state index < -0.39 is 24.0 Å². The van der Waals surface area contributed by atoms with Gasteiger partial charge in [-0.1, -0.05) is 5.92 Å². The Kier molecular flexibility index (Phi) is 7.37. The number of carbonyl (C=O) groups excluding carboxylic acids is 2. The molecule has 2 atom stereocenters. The van der Waals surface area contributed by atoms with Crippen molar-refractivity contribution in [1.82, 2.24) is 10.8 Å². The summed E-state index contributed by atoms with van der Waals surface area (Å²) in [5, 5.41) is 29.4. The normalized spacial score (nSPS) is 11.9. The maximum absolute atomic E-state index is 12.2. The smallest absolute Gasteiger partial charge is 0.268 e. The van der Waals surface area contributed by atoms with Crippen LogP contribution in [-0.2, 0) is 11.4 Å². The molecule has 0 bridgehead atoms. The minimum absolute atomic E-state index is 0.198. The fraction of sp³-hybridized carbons (Fsp3) is 0.200. The molecule has 1 heterocycles. The summed E-state index contributed by atoms with van der Waals surface area (Å²) in [6.07, 6.45) is -1.19. The number of hydroxylamine groups is 1. The van der Waals surface area contributed by atoms with Crippen molar-refractivity contribution < 1.29 is 29.4 Å². The zero-order chi connectivity index (χ0) is 20.5. The molecule has 1 aromatic carbocycles. The van der Waals surface area contributed by atoms with E-state index in [1.165, 1.54) is 24.5 Å². The van der Waals surface area contributed by atoms with Crippen molar-refractivity contribution in [2.75, 3.05) is 0 Å². The van der Waals surface area contributed by atoms with Gasteiger partial charge < -0.3 is 19.9 Å². The van der Waals surface area contributed by atoms with Crippen LogP contribution in [0.15, 0.2) is 40.8 Å². The molecule has 0 saturated heterocycles. The number of aliphatic hydroxyl groups is 2. The Hall–Kier alpha value is -3.56. The van der Waals surface area contributed by atoms with Gasteiger partial charge in [-0.3, -0.25) is 14.8 Å². The van der Waals surface area contributed by atoms with Crippen molar-refractivity contribution in [3.8, 4) is 23.7 Å². The second-order valence-corrected chi connectivity index (χ2v) is 5.67. The molecule has 8 heteroatoms. The van der Waals surface area contributed by atoms with E-state index in [1.54, 1.807) is 24.3 Å². The number of benzene rings is 1. The fourth-order valence-corrected chi connectivity index (χ4v) is 2.13. The summed E-state index contributed by atoms with van der Waals surface area (Å²) in [6, 6.07) is 8.16. The third-order valence-electron chi connectivity index (χ3n) is 3.58. The zero-order valence-corrected chi connectivity index (χ0v) is 14.9. The molecule has 8 nitrogen and oxygen atoms in total. The minimum atomic E-state index is -1.29. The van der Waals surface area contributed by atoms with Gasteiger partial charge in [0.1, 0.15) is 18.4 Å². The van der Waals surface area contributed by atoms with Gasteiger partial charge in [-0.15, -0.1) is 0 Å². The van der Waals surface area contributed by atoms with Crippen LogP contribution < -0.4 is 10.8 Å². The molecule has 0 saturated carbocycles. The van der Waals surface area contributed by atoms with Gasteiger partial charge >= 0.3 is 0 Å². The van der Waals surface area contributed by atoms with Crippen LogP contribution in [0.3, 0.4) is 0 Å². The van der Waals surface area contributed by atoms with Crippen LogP contribution in [0, 0.1) is 23.7 Å². The van der Waals surface area contributed by atoms with E-state index in [0.29, 0.717) is 17.1 Å². The molecule has 28 heavy (non-hydrogen) atoms. The molecule has 2 rings (SSSR count). The summed E-state index contributed by atoms with van der Waals surface area (Å²) in [6.45, 7) is 1.11. The van der Waals surface area contributed by atoms with Crippen LogP contribution in [0.4, 0.5) is 0 Å². The van der Waals surface area contributed by atoms with Gasteiger partial charge in [0.15, 0.2) is 5.76 Å². The van der Waals surface area contributed by atoms with Crippen molar-refractivity contribution in [2.24, 2.45) is 0 Å². The van der Waals surface area contributed by atoms with Crippen LogP contribution in [0.1, 0.15) is 34.4 Å². The number of rotatable bonds is 5. The van der Waals surface area contributed by atoms with Gasteiger partial charge in [-0.25, -0.2) is 5.48 Å². The van der Waals surface area contributed by atoms with Crippen LogP contribution in [0.5, 0.6) is 0 Å². The lowest BCUT2D eigenvalue weighted by atomic mass is 10.1. The minimum Gasteiger partial charge on any atom is -0.450 e. The number of amides is 2. The second-order valence-electron chi connectivity index (χ2n) is 5.67. The van der Waals surface area contributed by atoms with Gasteiger partial charge in [0, 0.05) is 11.1 Å². The number of furan rings is 1. The molecule has 0 aliphatic rings. The van der Waals surface area contributed by atoms with Crippen molar-refractivity contribution in [2.45, 2.75) is 25.7 Å². The first-order chi connectivity index (χ1) is 13.4. The molecular weight excluding hydrogens is 364 g/mol. The first-order valence-electron chi connectivity index (χ1n) is 8.19. The molecule has 2 amide bonds. The Balaban J connectivity index is 2.01. The average molecular weight is 382 g/mol. The molecule has 2 aromatic rings. The van der Waals surface area contributed by atoms with Crippen LogP contribution in [0.25, 0.3) is 0 Å². The molecular formula is C20H18N2O6. The number of carbonyl (C=O) groups is 2. The summed E-state index contributed by atoms with van der Waals surface area (Å²) in [7, 11) is 0. The molecule has 0 fully saturated rings. The van der Waals surface area contributed by atoms with E-state index >= 15 is 0 Å². The summed E-state index contributed by atoms with van der Waals surface area (Å²) in [5.41, 5.74) is 2.26. The van der Waals surface area contributed by atoms with Gasteiger partial charge in [-0.05, 0) is 61.1 Å². The first-order valence-corrected chi connectivity index (χ1v) is 8.19. The third-order valence-corrected chi connectivity index (χ3v) is 3.58. The van der Waals surface area contributed by atoms with E-state index in [2.05, 4.69) is 29.0 Å². The highest BCUT2D eigenvalue weighted by Crippen LogP contribution is 2.06. The molecule has 0 unspecified atom stereocenters. The zero-order valence-electron chi connectivity index (χ0n) is 14.9. The Bertz CT molecular complexity index is 954. The maximum atomic E-state index is 12.2. The fourth-order valence-electron chi connectivity index (χ4n) is 2.13. The number of hydrogen-bond acceptors (Lipinski definition) is 6. The Morgan fingerprint density at radius 3 is 2.36 bits per heavy atom. The van der Waals surface area contributed by atoms with Crippen molar-refractivity contribution in [1.29, 1.82) is 0 Å². The quantitative estimate of drug-likeness (QED) is 0.284. The van der Waals surface area contributed by atoms with Crippen molar-refractivity contribution in [3.63, 3.8) is 0 Å².